The van der Waals surface area contributed by atoms with Crippen LogP contribution in [0.2, 0.25) is 0 Å². The maximum absolute atomic E-state index is 12.7. The van der Waals surface area contributed by atoms with Crippen molar-refractivity contribution >= 4 is 26.6 Å². The fourth-order valence-corrected chi connectivity index (χ4v) is 4.13. The van der Waals surface area contributed by atoms with Gasteiger partial charge in [0.25, 0.3) is 0 Å². The number of hydrogen-bond donors (Lipinski definition) is 0. The number of rotatable bonds is 5. The quantitative estimate of drug-likeness (QED) is 0.466. The molecule has 3 aromatic rings. The second-order valence-corrected chi connectivity index (χ2v) is 9.80. The first kappa shape index (κ1) is 20.8. The highest BCUT2D eigenvalue weighted by atomic mass is 32.2. The number of ether oxygens (including phenoxy) is 1. The van der Waals surface area contributed by atoms with Crippen LogP contribution in [0.5, 0.6) is 5.75 Å². The summed E-state index contributed by atoms with van der Waals surface area (Å²) in [5.41, 5.74) is -0.0586. The van der Waals surface area contributed by atoms with Crippen LogP contribution in [0.3, 0.4) is 0 Å². The first-order valence-electron chi connectivity index (χ1n) is 9.00. The van der Waals surface area contributed by atoms with E-state index in [1.54, 1.807) is 24.3 Å². The number of hydrogen-bond acceptors (Lipinski definition) is 6. The molecule has 1 heterocycles. The molecule has 0 aliphatic rings. The van der Waals surface area contributed by atoms with E-state index in [1.807, 2.05) is 20.8 Å². The molecule has 0 fully saturated rings. The molecule has 0 amide bonds. The summed E-state index contributed by atoms with van der Waals surface area (Å²) in [7, 11) is -2.42. The molecule has 7 heteroatoms. The van der Waals surface area contributed by atoms with Gasteiger partial charge in [-0.05, 0) is 41.3 Å². The third-order valence-corrected chi connectivity index (χ3v) is 6.28. The minimum Gasteiger partial charge on any atom is -0.497 e. The number of methoxy groups -OCH3 is 1. The zero-order chi connectivity index (χ0) is 21.4. The van der Waals surface area contributed by atoms with Crippen molar-refractivity contribution in [2.45, 2.75) is 31.1 Å². The molecule has 0 aliphatic heterocycles. The largest absolute Gasteiger partial charge is 0.497 e. The Morgan fingerprint density at radius 3 is 2.28 bits per heavy atom. The van der Waals surface area contributed by atoms with Crippen LogP contribution in [0.25, 0.3) is 11.0 Å². The van der Waals surface area contributed by atoms with Crippen molar-refractivity contribution < 1.29 is 22.4 Å². The normalized spacial score (nSPS) is 12.1. The Bertz CT molecular complexity index is 1230. The highest BCUT2D eigenvalue weighted by Gasteiger charge is 2.24. The second-order valence-electron chi connectivity index (χ2n) is 7.81. The Labute approximate surface area is 169 Å². The second kappa shape index (κ2) is 7.48. The van der Waals surface area contributed by atoms with Crippen molar-refractivity contribution in [3.05, 3.63) is 70.1 Å². The van der Waals surface area contributed by atoms with E-state index < -0.39 is 27.0 Å². The third-order valence-electron chi connectivity index (χ3n) is 4.64. The fraction of sp³-hybridized carbons (Fsp3) is 0.273. The molecule has 6 nitrogen and oxygen atoms in total. The molecule has 152 valence electrons. The molecular weight excluding hydrogens is 392 g/mol. The maximum Gasteiger partial charge on any atom is 0.347 e. The summed E-state index contributed by atoms with van der Waals surface area (Å²) in [4.78, 5) is 24.8. The lowest BCUT2D eigenvalue weighted by Crippen LogP contribution is -2.22. The van der Waals surface area contributed by atoms with E-state index >= 15 is 0 Å². The van der Waals surface area contributed by atoms with E-state index in [1.165, 1.54) is 31.4 Å². The monoisotopic (exact) mass is 414 g/mol. The Balaban J connectivity index is 1.91. The van der Waals surface area contributed by atoms with Gasteiger partial charge in [-0.3, -0.25) is 4.79 Å². The first-order valence-corrected chi connectivity index (χ1v) is 10.6. The standard InChI is InChI=1S/C22H22O6S/c1-22(2,3)15-6-9-17(10-7-15)29(25,26)13-19(23)18-11-14-5-8-16(27-4)12-20(14)28-21(18)24/h5-12H,13H2,1-4H3. The summed E-state index contributed by atoms with van der Waals surface area (Å²) in [6.45, 7) is 6.07. The van der Waals surface area contributed by atoms with E-state index in [9.17, 15) is 18.0 Å². The lowest BCUT2D eigenvalue weighted by atomic mass is 9.87. The highest BCUT2D eigenvalue weighted by molar-refractivity contribution is 7.92. The zero-order valence-corrected chi connectivity index (χ0v) is 17.5. The number of Topliss-reactive ketones (excluding diaryl/α,β-unsaturated/α-hetero) is 1. The van der Waals surface area contributed by atoms with Crippen molar-refractivity contribution in [1.82, 2.24) is 0 Å². The van der Waals surface area contributed by atoms with Crippen LogP contribution in [0.1, 0.15) is 36.7 Å². The van der Waals surface area contributed by atoms with Gasteiger partial charge in [-0.2, -0.15) is 0 Å². The van der Waals surface area contributed by atoms with Crippen LogP contribution in [0.4, 0.5) is 0 Å². The van der Waals surface area contributed by atoms with Gasteiger partial charge in [-0.15, -0.1) is 0 Å². The number of fused-ring (bicyclic) bond motifs is 1. The lowest BCUT2D eigenvalue weighted by Gasteiger charge is -2.19. The topological polar surface area (TPSA) is 90.7 Å². The van der Waals surface area contributed by atoms with Gasteiger partial charge in [0.05, 0.1) is 12.0 Å². The van der Waals surface area contributed by atoms with Gasteiger partial charge in [0.2, 0.25) is 0 Å². The predicted octanol–water partition coefficient (Wildman–Crippen LogP) is 3.76. The van der Waals surface area contributed by atoms with Crippen LogP contribution in [-0.2, 0) is 15.3 Å². The molecule has 0 unspecified atom stereocenters. The van der Waals surface area contributed by atoms with Crippen LogP contribution < -0.4 is 10.4 Å². The average Bonchev–Trinajstić information content (AvgIpc) is 2.66. The smallest absolute Gasteiger partial charge is 0.347 e. The highest BCUT2D eigenvalue weighted by Crippen LogP contribution is 2.24. The molecule has 0 bridgehead atoms. The van der Waals surface area contributed by atoms with Gasteiger partial charge in [0.1, 0.15) is 22.6 Å². The van der Waals surface area contributed by atoms with Crippen LogP contribution in [0, 0.1) is 0 Å². The summed E-state index contributed by atoms with van der Waals surface area (Å²) in [6.07, 6.45) is 0. The van der Waals surface area contributed by atoms with Gasteiger partial charge >= 0.3 is 5.63 Å². The van der Waals surface area contributed by atoms with Crippen molar-refractivity contribution in [3.8, 4) is 5.75 Å². The summed E-state index contributed by atoms with van der Waals surface area (Å²) >= 11 is 0. The Morgan fingerprint density at radius 2 is 1.69 bits per heavy atom. The minimum atomic E-state index is -3.90. The van der Waals surface area contributed by atoms with Crippen LogP contribution in [0.15, 0.2) is 62.6 Å². The first-order chi connectivity index (χ1) is 13.5. The molecular formula is C22H22O6S. The van der Waals surface area contributed by atoms with Crippen molar-refractivity contribution in [2.24, 2.45) is 0 Å². The van der Waals surface area contributed by atoms with E-state index in [0.717, 1.165) is 5.56 Å². The van der Waals surface area contributed by atoms with Crippen molar-refractivity contribution in [3.63, 3.8) is 0 Å². The van der Waals surface area contributed by atoms with Crippen LogP contribution >= 0.6 is 0 Å². The Kier molecular flexibility index (Phi) is 5.36. The van der Waals surface area contributed by atoms with Crippen LogP contribution in [-0.4, -0.2) is 27.1 Å². The minimum absolute atomic E-state index is 0.0359. The number of benzene rings is 2. The lowest BCUT2D eigenvalue weighted by molar-refractivity contribution is 0.101. The van der Waals surface area contributed by atoms with Crippen molar-refractivity contribution in [1.29, 1.82) is 0 Å². The molecule has 0 radical (unpaired) electrons. The molecule has 29 heavy (non-hydrogen) atoms. The number of sulfone groups is 1. The summed E-state index contributed by atoms with van der Waals surface area (Å²) in [5.74, 6) is -1.12. The maximum atomic E-state index is 12.7. The summed E-state index contributed by atoms with van der Waals surface area (Å²) < 4.78 is 35.6. The molecule has 0 saturated heterocycles. The molecule has 0 aliphatic carbocycles. The van der Waals surface area contributed by atoms with Gasteiger partial charge in [0, 0.05) is 11.5 Å². The number of carbonyl (C=O) groups excluding carboxylic acids is 1. The van der Waals surface area contributed by atoms with E-state index in [2.05, 4.69) is 0 Å². The third kappa shape index (κ3) is 4.40. The van der Waals surface area contributed by atoms with Gasteiger partial charge < -0.3 is 9.15 Å². The zero-order valence-electron chi connectivity index (χ0n) is 16.7. The average molecular weight is 414 g/mol. The van der Waals surface area contributed by atoms with E-state index in [4.69, 9.17) is 9.15 Å². The molecule has 0 atom stereocenters. The van der Waals surface area contributed by atoms with E-state index in [0.29, 0.717) is 11.1 Å². The molecule has 0 spiro atoms. The van der Waals surface area contributed by atoms with Gasteiger partial charge in [-0.25, -0.2) is 13.2 Å². The number of carbonyl (C=O) groups is 1. The summed E-state index contributed by atoms with van der Waals surface area (Å²) in [5, 5.41) is 0.501. The Morgan fingerprint density at radius 1 is 1.03 bits per heavy atom. The molecule has 3 rings (SSSR count). The van der Waals surface area contributed by atoms with Gasteiger partial charge in [0.15, 0.2) is 15.6 Å². The summed E-state index contributed by atoms with van der Waals surface area (Å²) in [6, 6.07) is 12.6. The molecule has 0 N–H and O–H groups in total. The molecule has 1 aromatic heterocycles. The number of ketones is 1. The van der Waals surface area contributed by atoms with Gasteiger partial charge in [-0.1, -0.05) is 32.9 Å². The predicted molar refractivity (Wildman–Crippen MR) is 111 cm³/mol. The SMILES string of the molecule is COc1ccc2cc(C(=O)CS(=O)(=O)c3ccc(C(C)(C)C)cc3)c(=O)oc2c1. The molecule has 0 saturated carbocycles. The molecule has 2 aromatic carbocycles. The Hall–Kier alpha value is -2.93. The van der Waals surface area contributed by atoms with Crippen molar-refractivity contribution in [2.75, 3.05) is 12.9 Å². The van der Waals surface area contributed by atoms with E-state index in [-0.39, 0.29) is 21.5 Å². The fourth-order valence-electron chi connectivity index (χ4n) is 2.91.